The zero-order chi connectivity index (χ0) is 20.5. The third-order valence-electron chi connectivity index (χ3n) is 4.28. The summed E-state index contributed by atoms with van der Waals surface area (Å²) in [5, 5.41) is 3.38. The highest BCUT2D eigenvalue weighted by Gasteiger charge is 2.17. The molecule has 0 saturated heterocycles. The van der Waals surface area contributed by atoms with Gasteiger partial charge in [-0.3, -0.25) is 4.79 Å². The molecule has 1 heterocycles. The third kappa shape index (κ3) is 6.63. The van der Waals surface area contributed by atoms with Crippen molar-refractivity contribution in [3.05, 3.63) is 52.5 Å². The normalized spacial score (nSPS) is 13.0. The molecule has 1 N–H and O–H groups in total. The number of carbonyl (C=O) groups excluding carboxylic acids is 1. The van der Waals surface area contributed by atoms with Crippen LogP contribution in [0.5, 0.6) is 11.5 Å². The Morgan fingerprint density at radius 2 is 1.93 bits per heavy atom. The minimum atomic E-state index is -0.134. The van der Waals surface area contributed by atoms with Gasteiger partial charge in [0.1, 0.15) is 0 Å². The SMILES string of the molecule is CCOCCOCc1cccc(NC(=O)Cc2cc(Cl)c3c(c2)OCCCO3)c1. The summed E-state index contributed by atoms with van der Waals surface area (Å²) >= 11 is 6.30. The topological polar surface area (TPSA) is 66.0 Å². The van der Waals surface area contributed by atoms with E-state index in [0.717, 1.165) is 23.2 Å². The van der Waals surface area contributed by atoms with Crippen LogP contribution in [0.25, 0.3) is 0 Å². The largest absolute Gasteiger partial charge is 0.489 e. The van der Waals surface area contributed by atoms with Crippen molar-refractivity contribution >= 4 is 23.2 Å². The van der Waals surface area contributed by atoms with Crippen LogP contribution in [0.15, 0.2) is 36.4 Å². The molecule has 1 aliphatic rings. The maximum absolute atomic E-state index is 12.5. The Balaban J connectivity index is 1.56. The number of amides is 1. The number of rotatable bonds is 9. The van der Waals surface area contributed by atoms with Crippen molar-refractivity contribution in [3.63, 3.8) is 0 Å². The van der Waals surface area contributed by atoms with Crippen LogP contribution >= 0.6 is 11.6 Å². The molecule has 156 valence electrons. The number of benzene rings is 2. The first-order valence-electron chi connectivity index (χ1n) is 9.78. The standard InChI is InChI=1S/C22H26ClNO5/c1-2-26-9-10-27-15-16-5-3-6-18(11-16)24-21(25)14-17-12-19(23)22-20(13-17)28-7-4-8-29-22/h3,5-6,11-13H,2,4,7-10,14-15H2,1H3,(H,24,25). The molecule has 0 saturated carbocycles. The van der Waals surface area contributed by atoms with Crippen molar-refractivity contribution in [2.24, 2.45) is 0 Å². The molecule has 0 bridgehead atoms. The molecule has 1 amide bonds. The van der Waals surface area contributed by atoms with Gasteiger partial charge in [-0.25, -0.2) is 0 Å². The number of ether oxygens (including phenoxy) is 4. The van der Waals surface area contributed by atoms with Gasteiger partial charge >= 0.3 is 0 Å². The van der Waals surface area contributed by atoms with Crippen LogP contribution < -0.4 is 14.8 Å². The molecular formula is C22H26ClNO5. The molecule has 2 aromatic carbocycles. The number of nitrogens with one attached hydrogen (secondary N) is 1. The van der Waals surface area contributed by atoms with Crippen molar-refractivity contribution in [1.29, 1.82) is 0 Å². The van der Waals surface area contributed by atoms with Crippen molar-refractivity contribution in [1.82, 2.24) is 0 Å². The predicted octanol–water partition coefficient (Wildman–Crippen LogP) is 4.24. The van der Waals surface area contributed by atoms with Gasteiger partial charge in [-0.05, 0) is 42.3 Å². The lowest BCUT2D eigenvalue weighted by Gasteiger charge is -2.12. The van der Waals surface area contributed by atoms with E-state index in [-0.39, 0.29) is 12.3 Å². The first kappa shape index (κ1) is 21.4. The fraction of sp³-hybridized carbons (Fsp3) is 0.409. The second-order valence-electron chi connectivity index (χ2n) is 6.63. The van der Waals surface area contributed by atoms with E-state index >= 15 is 0 Å². The van der Waals surface area contributed by atoms with E-state index < -0.39 is 0 Å². The van der Waals surface area contributed by atoms with Crippen LogP contribution in [0.1, 0.15) is 24.5 Å². The fourth-order valence-electron chi connectivity index (χ4n) is 2.97. The van der Waals surface area contributed by atoms with Crippen LogP contribution in [0.3, 0.4) is 0 Å². The number of anilines is 1. The number of hydrogen-bond donors (Lipinski definition) is 1. The molecular weight excluding hydrogens is 394 g/mol. The molecule has 0 atom stereocenters. The molecule has 2 aromatic rings. The van der Waals surface area contributed by atoms with E-state index in [1.807, 2.05) is 37.3 Å². The molecule has 0 aliphatic carbocycles. The summed E-state index contributed by atoms with van der Waals surface area (Å²) in [5.41, 5.74) is 2.48. The number of carbonyl (C=O) groups is 1. The van der Waals surface area contributed by atoms with Gasteiger partial charge in [0.2, 0.25) is 5.91 Å². The first-order valence-corrected chi connectivity index (χ1v) is 10.2. The Bertz CT molecular complexity index is 827. The lowest BCUT2D eigenvalue weighted by Crippen LogP contribution is -2.14. The van der Waals surface area contributed by atoms with Gasteiger partial charge in [0.25, 0.3) is 0 Å². The van der Waals surface area contributed by atoms with Crippen LogP contribution in [0.2, 0.25) is 5.02 Å². The van der Waals surface area contributed by atoms with Gasteiger partial charge in [0, 0.05) is 18.7 Å². The lowest BCUT2D eigenvalue weighted by molar-refractivity contribution is -0.115. The lowest BCUT2D eigenvalue weighted by atomic mass is 10.1. The summed E-state index contributed by atoms with van der Waals surface area (Å²) in [6.07, 6.45) is 0.984. The highest BCUT2D eigenvalue weighted by molar-refractivity contribution is 6.32. The van der Waals surface area contributed by atoms with E-state index in [1.54, 1.807) is 6.07 Å². The molecule has 0 radical (unpaired) electrons. The maximum atomic E-state index is 12.5. The molecule has 3 rings (SSSR count). The summed E-state index contributed by atoms with van der Waals surface area (Å²) in [6, 6.07) is 11.2. The van der Waals surface area contributed by atoms with E-state index in [2.05, 4.69) is 5.32 Å². The monoisotopic (exact) mass is 419 g/mol. The quantitative estimate of drug-likeness (QED) is 0.616. The maximum Gasteiger partial charge on any atom is 0.228 e. The first-order chi connectivity index (χ1) is 14.2. The molecule has 0 unspecified atom stereocenters. The Morgan fingerprint density at radius 1 is 1.10 bits per heavy atom. The average Bonchev–Trinajstić information content (AvgIpc) is 2.94. The second kappa shape index (κ2) is 11.0. The van der Waals surface area contributed by atoms with Gasteiger partial charge < -0.3 is 24.3 Å². The van der Waals surface area contributed by atoms with E-state index in [0.29, 0.717) is 56.2 Å². The minimum Gasteiger partial charge on any atom is -0.489 e. The minimum absolute atomic E-state index is 0.134. The molecule has 29 heavy (non-hydrogen) atoms. The van der Waals surface area contributed by atoms with E-state index in [4.69, 9.17) is 30.5 Å². The molecule has 6 nitrogen and oxygen atoms in total. The Labute approximate surface area is 176 Å². The number of hydrogen-bond acceptors (Lipinski definition) is 5. The van der Waals surface area contributed by atoms with Gasteiger partial charge in [-0.2, -0.15) is 0 Å². The van der Waals surface area contributed by atoms with E-state index in [1.165, 1.54) is 0 Å². The number of halogens is 1. The number of fused-ring (bicyclic) bond motifs is 1. The van der Waals surface area contributed by atoms with Crippen LogP contribution in [-0.2, 0) is 27.3 Å². The highest BCUT2D eigenvalue weighted by atomic mass is 35.5. The van der Waals surface area contributed by atoms with Crippen LogP contribution in [-0.4, -0.2) is 38.9 Å². The smallest absolute Gasteiger partial charge is 0.228 e. The second-order valence-corrected chi connectivity index (χ2v) is 7.04. The van der Waals surface area contributed by atoms with Crippen LogP contribution in [0, 0.1) is 0 Å². The molecule has 1 aliphatic heterocycles. The van der Waals surface area contributed by atoms with Crippen molar-refractivity contribution < 1.29 is 23.7 Å². The Morgan fingerprint density at radius 3 is 2.79 bits per heavy atom. The molecule has 0 aromatic heterocycles. The summed E-state index contributed by atoms with van der Waals surface area (Å²) in [4.78, 5) is 12.5. The fourth-order valence-corrected chi connectivity index (χ4v) is 3.26. The molecule has 0 spiro atoms. The van der Waals surface area contributed by atoms with Gasteiger partial charge in [0.15, 0.2) is 11.5 Å². The van der Waals surface area contributed by atoms with E-state index in [9.17, 15) is 4.79 Å². The molecule has 7 heteroatoms. The summed E-state index contributed by atoms with van der Waals surface area (Å²) in [6.45, 7) is 5.34. The zero-order valence-electron chi connectivity index (χ0n) is 16.5. The van der Waals surface area contributed by atoms with Gasteiger partial charge in [-0.15, -0.1) is 0 Å². The average molecular weight is 420 g/mol. The van der Waals surface area contributed by atoms with Crippen molar-refractivity contribution in [2.75, 3.05) is 38.4 Å². The zero-order valence-corrected chi connectivity index (χ0v) is 17.3. The highest BCUT2D eigenvalue weighted by Crippen LogP contribution is 2.38. The Kier molecular flexibility index (Phi) is 8.16. The summed E-state index contributed by atoms with van der Waals surface area (Å²) < 4.78 is 22.1. The van der Waals surface area contributed by atoms with Crippen molar-refractivity contribution in [3.8, 4) is 11.5 Å². The third-order valence-corrected chi connectivity index (χ3v) is 4.56. The summed E-state index contributed by atoms with van der Waals surface area (Å²) in [5.74, 6) is 0.999. The van der Waals surface area contributed by atoms with Gasteiger partial charge in [0.05, 0.1) is 44.5 Å². The Hall–Kier alpha value is -2.28. The van der Waals surface area contributed by atoms with Crippen molar-refractivity contribution in [2.45, 2.75) is 26.4 Å². The van der Waals surface area contributed by atoms with Crippen LogP contribution in [0.4, 0.5) is 5.69 Å². The predicted molar refractivity (Wildman–Crippen MR) is 112 cm³/mol. The molecule has 0 fully saturated rings. The van der Waals surface area contributed by atoms with Gasteiger partial charge in [-0.1, -0.05) is 23.7 Å². The summed E-state index contributed by atoms with van der Waals surface area (Å²) in [7, 11) is 0.